The van der Waals surface area contributed by atoms with Gasteiger partial charge in [0.1, 0.15) is 24.6 Å². The Kier molecular flexibility index (Phi) is 10.4. The second-order valence-corrected chi connectivity index (χ2v) is 26.9. The SMILES string of the molecule is CC(C)(C)c1ccc(N2c3ccc(C(C)(C)C)cc3B3c4cc5c(cc4N4c6ccc(C(C)(C)C)c(c6)C6(C)c7ccccc7-c7c6cc(c6ccccc76)N(c6ccc(-c7cc8ccccc8o7)cc6)c6cc2c3c4c6)OCCO5)cc1. The Bertz CT molecular complexity index is 4520. The zero-order chi connectivity index (χ0) is 56.6. The van der Waals surface area contributed by atoms with Crippen LogP contribution in [0.3, 0.4) is 0 Å². The van der Waals surface area contributed by atoms with Crippen molar-refractivity contribution < 1.29 is 13.9 Å². The lowest BCUT2D eigenvalue weighted by atomic mass is 9.33. The molecule has 0 radical (unpaired) electrons. The molecule has 0 amide bonds. The van der Waals surface area contributed by atoms with Crippen molar-refractivity contribution in [3.63, 3.8) is 0 Å². The number of furan rings is 1. The lowest BCUT2D eigenvalue weighted by molar-refractivity contribution is 0.172. The molecule has 0 spiro atoms. The van der Waals surface area contributed by atoms with Crippen molar-refractivity contribution in [2.24, 2.45) is 0 Å². The van der Waals surface area contributed by atoms with E-state index in [1.165, 1.54) is 71.7 Å². The molecule has 406 valence electrons. The minimum absolute atomic E-state index is 0.0256. The van der Waals surface area contributed by atoms with Crippen molar-refractivity contribution in [1.82, 2.24) is 0 Å². The van der Waals surface area contributed by atoms with Gasteiger partial charge in [0.2, 0.25) is 0 Å². The maximum absolute atomic E-state index is 6.61. The molecule has 16 rings (SSSR count). The van der Waals surface area contributed by atoms with Crippen LogP contribution in [-0.2, 0) is 21.7 Å². The summed E-state index contributed by atoms with van der Waals surface area (Å²) in [5, 5.41) is 3.50. The van der Waals surface area contributed by atoms with Crippen LogP contribution in [0.4, 0.5) is 51.2 Å². The summed E-state index contributed by atoms with van der Waals surface area (Å²) in [5.41, 5.74) is 24.9. The lowest BCUT2D eigenvalue weighted by Gasteiger charge is -2.46. The first kappa shape index (κ1) is 49.8. The van der Waals surface area contributed by atoms with Gasteiger partial charge in [-0.15, -0.1) is 0 Å². The summed E-state index contributed by atoms with van der Waals surface area (Å²) >= 11 is 0. The van der Waals surface area contributed by atoms with E-state index in [1.807, 2.05) is 12.1 Å². The smallest absolute Gasteiger partial charge is 0.252 e. The number of anilines is 9. The third kappa shape index (κ3) is 7.28. The van der Waals surface area contributed by atoms with Crippen LogP contribution in [0.5, 0.6) is 11.5 Å². The number of para-hydroxylation sites is 1. The maximum Gasteiger partial charge on any atom is 0.252 e. The molecule has 1 aromatic heterocycles. The van der Waals surface area contributed by atoms with Gasteiger partial charge in [-0.25, -0.2) is 0 Å². The highest BCUT2D eigenvalue weighted by molar-refractivity contribution is 7.00. The van der Waals surface area contributed by atoms with Crippen LogP contribution in [0, 0.1) is 0 Å². The summed E-state index contributed by atoms with van der Waals surface area (Å²) in [4.78, 5) is 7.69. The molecule has 10 aromatic carbocycles. The van der Waals surface area contributed by atoms with Crippen molar-refractivity contribution in [2.75, 3.05) is 27.9 Å². The number of rotatable bonds is 3. The molecule has 0 fully saturated rings. The fourth-order valence-corrected chi connectivity index (χ4v) is 14.6. The Morgan fingerprint density at radius 1 is 0.434 bits per heavy atom. The van der Waals surface area contributed by atoms with Crippen LogP contribution >= 0.6 is 0 Å². The van der Waals surface area contributed by atoms with Crippen LogP contribution in [0.15, 0.2) is 199 Å². The molecule has 0 saturated carbocycles. The van der Waals surface area contributed by atoms with E-state index in [1.54, 1.807) is 0 Å². The number of hydrogen-bond donors (Lipinski definition) is 0. The number of hydrogen-bond acceptors (Lipinski definition) is 6. The van der Waals surface area contributed by atoms with E-state index in [0.29, 0.717) is 13.2 Å². The van der Waals surface area contributed by atoms with Crippen LogP contribution in [0.1, 0.15) is 103 Å². The zero-order valence-electron chi connectivity index (χ0n) is 49.0. The lowest BCUT2D eigenvalue weighted by Crippen LogP contribution is -2.61. The molecule has 6 bridgehead atoms. The van der Waals surface area contributed by atoms with Gasteiger partial charge >= 0.3 is 0 Å². The summed E-state index contributed by atoms with van der Waals surface area (Å²) in [5.74, 6) is 2.39. The predicted octanol–water partition coefficient (Wildman–Crippen LogP) is 18.1. The number of ether oxygens (including phenoxy) is 2. The van der Waals surface area contributed by atoms with Crippen LogP contribution in [-0.4, -0.2) is 19.9 Å². The number of benzene rings is 10. The first-order valence-corrected chi connectivity index (χ1v) is 29.6. The van der Waals surface area contributed by atoms with Crippen molar-refractivity contribution in [1.29, 1.82) is 0 Å². The number of nitrogens with zero attached hydrogens (tertiary/aromatic N) is 3. The molecular weight excluding hydrogens is 1010 g/mol. The molecule has 5 heterocycles. The van der Waals surface area contributed by atoms with Gasteiger partial charge in [0.15, 0.2) is 11.5 Å². The fourth-order valence-electron chi connectivity index (χ4n) is 14.6. The summed E-state index contributed by atoms with van der Waals surface area (Å²) in [6.07, 6.45) is 0. The monoisotopic (exact) mass is 1080 g/mol. The predicted molar refractivity (Wildman–Crippen MR) is 346 cm³/mol. The van der Waals surface area contributed by atoms with Gasteiger partial charge in [0, 0.05) is 67.6 Å². The van der Waals surface area contributed by atoms with Crippen molar-refractivity contribution in [3.05, 3.63) is 228 Å². The van der Waals surface area contributed by atoms with Gasteiger partial charge in [0.05, 0.1) is 11.4 Å². The molecule has 0 saturated heterocycles. The third-order valence-corrected chi connectivity index (χ3v) is 18.8. The van der Waals surface area contributed by atoms with Crippen LogP contribution < -0.4 is 40.6 Å². The third-order valence-electron chi connectivity index (χ3n) is 18.8. The Morgan fingerprint density at radius 3 is 1.77 bits per heavy atom. The fraction of sp³-hybridized carbons (Fsp3) is 0.211. The Labute approximate surface area is 487 Å². The molecule has 11 aromatic rings. The van der Waals surface area contributed by atoms with Gasteiger partial charge in [0.25, 0.3) is 6.71 Å². The Balaban J connectivity index is 1.07. The van der Waals surface area contributed by atoms with E-state index < -0.39 is 5.41 Å². The molecule has 5 aliphatic rings. The molecule has 1 aliphatic carbocycles. The average molecular weight is 1080 g/mol. The van der Waals surface area contributed by atoms with E-state index in [-0.39, 0.29) is 23.0 Å². The zero-order valence-corrected chi connectivity index (χ0v) is 49.0. The van der Waals surface area contributed by atoms with E-state index in [4.69, 9.17) is 13.9 Å². The second-order valence-electron chi connectivity index (χ2n) is 26.9. The van der Waals surface area contributed by atoms with Gasteiger partial charge in [-0.1, -0.05) is 159 Å². The molecule has 1 atom stereocenters. The minimum Gasteiger partial charge on any atom is -0.486 e. The topological polar surface area (TPSA) is 41.3 Å². The summed E-state index contributed by atoms with van der Waals surface area (Å²) < 4.78 is 19.7. The van der Waals surface area contributed by atoms with Crippen molar-refractivity contribution in [2.45, 2.75) is 90.9 Å². The molecule has 1 unspecified atom stereocenters. The number of fused-ring (bicyclic) bond motifs is 19. The highest BCUT2D eigenvalue weighted by atomic mass is 16.6. The molecule has 0 N–H and O–H groups in total. The van der Waals surface area contributed by atoms with E-state index >= 15 is 0 Å². The van der Waals surface area contributed by atoms with Gasteiger partial charge in [-0.2, -0.15) is 0 Å². The average Bonchev–Trinajstić information content (AvgIpc) is 2.05. The summed E-state index contributed by atoms with van der Waals surface area (Å²) in [7, 11) is 0. The Morgan fingerprint density at radius 2 is 1.05 bits per heavy atom. The van der Waals surface area contributed by atoms with Gasteiger partial charge < -0.3 is 28.6 Å². The second kappa shape index (κ2) is 17.3. The minimum atomic E-state index is -0.571. The van der Waals surface area contributed by atoms with Crippen LogP contribution in [0.25, 0.3) is 44.2 Å². The summed E-state index contributed by atoms with van der Waals surface area (Å²) in [6.45, 7) is 24.3. The molecule has 83 heavy (non-hydrogen) atoms. The first-order valence-electron chi connectivity index (χ1n) is 29.6. The summed E-state index contributed by atoms with van der Waals surface area (Å²) in [6, 6.07) is 73.9. The highest BCUT2D eigenvalue weighted by Gasteiger charge is 2.49. The van der Waals surface area contributed by atoms with Crippen molar-refractivity contribution >= 4 is 96.0 Å². The largest absolute Gasteiger partial charge is 0.486 e. The maximum atomic E-state index is 6.61. The van der Waals surface area contributed by atoms with Gasteiger partial charge in [-0.05, 0) is 180 Å². The van der Waals surface area contributed by atoms with E-state index in [2.05, 4.69) is 266 Å². The van der Waals surface area contributed by atoms with Crippen LogP contribution in [0.2, 0.25) is 0 Å². The molecular formula is C76H66BN3O3. The Hall–Kier alpha value is -8.94. The van der Waals surface area contributed by atoms with E-state index in [0.717, 1.165) is 85.0 Å². The van der Waals surface area contributed by atoms with Crippen molar-refractivity contribution in [3.8, 4) is 33.9 Å². The van der Waals surface area contributed by atoms with E-state index in [9.17, 15) is 0 Å². The molecule has 6 nitrogen and oxygen atoms in total. The first-order chi connectivity index (χ1) is 39.9. The standard InChI is InChI=1S/C76H66BN3O3/c1-73(2,3)47-25-30-50(31-26-47)79-62-34-27-48(74(4,5)6)38-60(62)77-61-43-69-70(82-36-35-81-69)44-64(61)80-51-32-33-57(75(7,8)9)58(39-51)76(10)56-21-15-14-20-55(56)71-54-19-13-12-18-53(54)63(42-59(71)76)78(52-40-65(79)72(77)66(80)41-52)49-28-23-45(24-29-49)68-37-46-17-11-16-22-67(46)83-68/h11-34,37-44H,35-36H2,1-10H3. The quantitative estimate of drug-likeness (QED) is 0.164. The normalized spacial score (nSPS) is 16.4. The van der Waals surface area contributed by atoms with Gasteiger partial charge in [-0.3, -0.25) is 0 Å². The molecule has 4 aliphatic heterocycles. The highest BCUT2D eigenvalue weighted by Crippen LogP contribution is 2.60. The molecule has 7 heteroatoms.